The van der Waals surface area contributed by atoms with E-state index < -0.39 is 15.7 Å². The molecule has 1 fully saturated rings. The molecule has 1 aliphatic heterocycles. The van der Waals surface area contributed by atoms with E-state index in [4.69, 9.17) is 0 Å². The highest BCUT2D eigenvalue weighted by Crippen LogP contribution is 2.20. The maximum Gasteiger partial charge on any atom is 0.175 e. The van der Waals surface area contributed by atoms with Crippen molar-refractivity contribution in [3.8, 4) is 0 Å². The molecular weight excluding hydrogens is 267 g/mol. The summed E-state index contributed by atoms with van der Waals surface area (Å²) in [6.07, 6.45) is 3.34. The molecule has 0 bridgehead atoms. The summed E-state index contributed by atoms with van der Waals surface area (Å²) in [7, 11) is -3.36. The van der Waals surface area contributed by atoms with Gasteiger partial charge in [-0.15, -0.1) is 0 Å². The third-order valence-electron chi connectivity index (χ3n) is 3.35. The molecule has 0 aliphatic carbocycles. The van der Waals surface area contributed by atoms with E-state index in [1.807, 2.05) is 0 Å². The van der Waals surface area contributed by atoms with Crippen LogP contribution in [0.1, 0.15) is 12.8 Å². The van der Waals surface area contributed by atoms with Crippen LogP contribution in [0.4, 0.5) is 10.1 Å². The van der Waals surface area contributed by atoms with Crippen LogP contribution >= 0.6 is 0 Å². The first-order chi connectivity index (χ1) is 8.97. The standard InChI is InChI=1S/C13H19FN2O2S/c1-19(17,18)11-4-5-13(12(14)7-11)16-9-10-3-2-6-15-8-10/h4-5,7,10,15-16H,2-3,6,8-9H2,1H3. The van der Waals surface area contributed by atoms with E-state index in [0.29, 0.717) is 18.2 Å². The lowest BCUT2D eigenvalue weighted by atomic mass is 10.00. The Hall–Kier alpha value is -1.14. The maximum absolute atomic E-state index is 13.8. The summed E-state index contributed by atoms with van der Waals surface area (Å²) < 4.78 is 36.4. The van der Waals surface area contributed by atoms with Gasteiger partial charge in [0.05, 0.1) is 10.6 Å². The van der Waals surface area contributed by atoms with Gasteiger partial charge in [-0.1, -0.05) is 0 Å². The molecule has 1 aromatic rings. The fourth-order valence-electron chi connectivity index (χ4n) is 2.22. The first kappa shape index (κ1) is 14.3. The van der Waals surface area contributed by atoms with Gasteiger partial charge in [0.15, 0.2) is 9.84 Å². The predicted octanol–water partition coefficient (Wildman–Crippen LogP) is 1.64. The lowest BCUT2D eigenvalue weighted by molar-refractivity contribution is 0.392. The zero-order valence-electron chi connectivity index (χ0n) is 10.9. The Bertz CT molecular complexity index is 540. The van der Waals surface area contributed by atoms with E-state index >= 15 is 0 Å². The van der Waals surface area contributed by atoms with Gasteiger partial charge in [-0.25, -0.2) is 12.8 Å². The highest BCUT2D eigenvalue weighted by Gasteiger charge is 2.14. The Kier molecular flexibility index (Phi) is 4.42. The molecule has 1 aromatic carbocycles. The summed E-state index contributed by atoms with van der Waals surface area (Å²) in [6.45, 7) is 2.69. The van der Waals surface area contributed by atoms with Crippen molar-refractivity contribution in [2.45, 2.75) is 17.7 Å². The summed E-state index contributed by atoms with van der Waals surface area (Å²) in [5.74, 6) is -0.0329. The van der Waals surface area contributed by atoms with Gasteiger partial charge in [-0.05, 0) is 50.0 Å². The highest BCUT2D eigenvalue weighted by molar-refractivity contribution is 7.90. The van der Waals surface area contributed by atoms with Crippen LogP contribution in [0.5, 0.6) is 0 Å². The normalized spacial score (nSPS) is 20.2. The maximum atomic E-state index is 13.8. The molecule has 19 heavy (non-hydrogen) atoms. The molecule has 6 heteroatoms. The molecular formula is C13H19FN2O2S. The number of hydrogen-bond donors (Lipinski definition) is 2. The largest absolute Gasteiger partial charge is 0.382 e. The summed E-state index contributed by atoms with van der Waals surface area (Å²) >= 11 is 0. The van der Waals surface area contributed by atoms with Crippen LogP contribution in [0.3, 0.4) is 0 Å². The van der Waals surface area contributed by atoms with Crippen LogP contribution in [-0.2, 0) is 9.84 Å². The second-order valence-corrected chi connectivity index (χ2v) is 7.02. The Labute approximate surface area is 113 Å². The number of halogens is 1. The molecule has 1 atom stereocenters. The highest BCUT2D eigenvalue weighted by atomic mass is 32.2. The number of rotatable bonds is 4. The molecule has 0 spiro atoms. The summed E-state index contributed by atoms with van der Waals surface area (Å²) in [5.41, 5.74) is 0.359. The van der Waals surface area contributed by atoms with E-state index in [-0.39, 0.29) is 4.90 Å². The van der Waals surface area contributed by atoms with Crippen LogP contribution in [0.2, 0.25) is 0 Å². The Balaban J connectivity index is 2.01. The van der Waals surface area contributed by atoms with Crippen molar-refractivity contribution < 1.29 is 12.8 Å². The molecule has 0 aromatic heterocycles. The van der Waals surface area contributed by atoms with Gasteiger partial charge >= 0.3 is 0 Å². The molecule has 4 nitrogen and oxygen atoms in total. The Morgan fingerprint density at radius 3 is 2.84 bits per heavy atom. The third kappa shape index (κ3) is 3.91. The van der Waals surface area contributed by atoms with Crippen LogP contribution in [0.25, 0.3) is 0 Å². The summed E-state index contributed by atoms with van der Waals surface area (Å²) in [4.78, 5) is 0.00915. The number of piperidine rings is 1. The van der Waals surface area contributed by atoms with Crippen molar-refractivity contribution in [3.63, 3.8) is 0 Å². The average Bonchev–Trinajstić information content (AvgIpc) is 2.37. The Morgan fingerprint density at radius 2 is 2.26 bits per heavy atom. The Morgan fingerprint density at radius 1 is 1.47 bits per heavy atom. The summed E-state index contributed by atoms with van der Waals surface area (Å²) in [6, 6.07) is 3.98. The third-order valence-corrected chi connectivity index (χ3v) is 4.46. The van der Waals surface area contributed by atoms with E-state index in [1.165, 1.54) is 12.1 Å². The number of hydrogen-bond acceptors (Lipinski definition) is 4. The lowest BCUT2D eigenvalue weighted by Gasteiger charge is -2.23. The molecule has 2 rings (SSSR count). The minimum atomic E-state index is -3.36. The fraction of sp³-hybridized carbons (Fsp3) is 0.538. The van der Waals surface area contributed by atoms with Crippen LogP contribution in [0.15, 0.2) is 23.1 Å². The van der Waals surface area contributed by atoms with E-state index in [1.54, 1.807) is 0 Å². The van der Waals surface area contributed by atoms with Gasteiger partial charge in [-0.3, -0.25) is 0 Å². The van der Waals surface area contributed by atoms with Gasteiger partial charge in [0.25, 0.3) is 0 Å². The van der Waals surface area contributed by atoms with Gasteiger partial charge < -0.3 is 10.6 Å². The molecule has 0 saturated carbocycles. The quantitative estimate of drug-likeness (QED) is 0.883. The minimum absolute atomic E-state index is 0.00915. The van der Waals surface area contributed by atoms with Crippen molar-refractivity contribution >= 4 is 15.5 Å². The van der Waals surface area contributed by atoms with Gasteiger partial charge in [0.2, 0.25) is 0 Å². The van der Waals surface area contributed by atoms with Gasteiger partial charge in [0, 0.05) is 12.8 Å². The lowest BCUT2D eigenvalue weighted by Crippen LogP contribution is -2.33. The van der Waals surface area contributed by atoms with Gasteiger partial charge in [-0.2, -0.15) is 0 Å². The minimum Gasteiger partial charge on any atom is -0.382 e. The first-order valence-electron chi connectivity index (χ1n) is 6.41. The average molecular weight is 286 g/mol. The monoisotopic (exact) mass is 286 g/mol. The smallest absolute Gasteiger partial charge is 0.175 e. The van der Waals surface area contributed by atoms with Gasteiger partial charge in [0.1, 0.15) is 5.82 Å². The van der Waals surface area contributed by atoms with Crippen molar-refractivity contribution in [2.75, 3.05) is 31.2 Å². The van der Waals surface area contributed by atoms with Crippen molar-refractivity contribution in [1.82, 2.24) is 5.32 Å². The number of sulfone groups is 1. The number of benzene rings is 1. The first-order valence-corrected chi connectivity index (χ1v) is 8.30. The van der Waals surface area contributed by atoms with Crippen LogP contribution in [0, 0.1) is 11.7 Å². The molecule has 0 amide bonds. The number of nitrogens with one attached hydrogen (secondary N) is 2. The molecule has 1 saturated heterocycles. The number of anilines is 1. The van der Waals surface area contributed by atoms with E-state index in [2.05, 4.69) is 10.6 Å². The SMILES string of the molecule is CS(=O)(=O)c1ccc(NCC2CCCNC2)c(F)c1. The summed E-state index contributed by atoms with van der Waals surface area (Å²) in [5, 5.41) is 6.35. The van der Waals surface area contributed by atoms with Crippen molar-refractivity contribution in [1.29, 1.82) is 0 Å². The molecule has 1 aliphatic rings. The zero-order valence-corrected chi connectivity index (χ0v) is 11.8. The molecule has 0 radical (unpaired) electrons. The molecule has 106 valence electrons. The second-order valence-electron chi connectivity index (χ2n) is 5.01. The second kappa shape index (κ2) is 5.88. The topological polar surface area (TPSA) is 58.2 Å². The van der Waals surface area contributed by atoms with Crippen LogP contribution in [-0.4, -0.2) is 34.3 Å². The van der Waals surface area contributed by atoms with Crippen LogP contribution < -0.4 is 10.6 Å². The predicted molar refractivity (Wildman–Crippen MR) is 73.6 cm³/mol. The fourth-order valence-corrected chi connectivity index (χ4v) is 2.86. The van der Waals surface area contributed by atoms with Crippen molar-refractivity contribution in [3.05, 3.63) is 24.0 Å². The zero-order chi connectivity index (χ0) is 13.9. The molecule has 2 N–H and O–H groups in total. The van der Waals surface area contributed by atoms with E-state index in [9.17, 15) is 12.8 Å². The van der Waals surface area contributed by atoms with Crippen molar-refractivity contribution in [2.24, 2.45) is 5.92 Å². The molecule has 1 unspecified atom stereocenters. The molecule has 1 heterocycles. The van der Waals surface area contributed by atoms with E-state index in [0.717, 1.165) is 38.3 Å².